The second-order valence-electron chi connectivity index (χ2n) is 6.52. The number of hydrogen-bond donors (Lipinski definition) is 1. The summed E-state index contributed by atoms with van der Waals surface area (Å²) >= 11 is 0. The first-order chi connectivity index (χ1) is 9.30. The molecule has 0 amide bonds. The maximum Gasteiger partial charge on any atom is 0.0332 e. The SMILES string of the molecule is CCCN1CCN(C2(CN)CCCCCCC2)CC1. The molecule has 0 aromatic heterocycles. The van der Waals surface area contributed by atoms with E-state index in [1.54, 1.807) is 0 Å². The molecule has 0 aromatic carbocycles. The number of nitrogens with two attached hydrogens (primary N) is 1. The van der Waals surface area contributed by atoms with Crippen molar-refractivity contribution in [2.24, 2.45) is 5.73 Å². The Morgan fingerprint density at radius 3 is 2.00 bits per heavy atom. The van der Waals surface area contributed by atoms with E-state index < -0.39 is 0 Å². The predicted octanol–water partition coefficient (Wildman–Crippen LogP) is 2.46. The lowest BCUT2D eigenvalue weighted by Gasteiger charge is -2.48. The predicted molar refractivity (Wildman–Crippen MR) is 82.4 cm³/mol. The van der Waals surface area contributed by atoms with Gasteiger partial charge >= 0.3 is 0 Å². The van der Waals surface area contributed by atoms with Crippen molar-refractivity contribution in [1.82, 2.24) is 9.80 Å². The fraction of sp³-hybridized carbons (Fsp3) is 1.00. The molecule has 1 heterocycles. The van der Waals surface area contributed by atoms with Gasteiger partial charge in [-0.3, -0.25) is 4.90 Å². The molecule has 1 saturated heterocycles. The lowest BCUT2D eigenvalue weighted by molar-refractivity contribution is 0.0196. The first kappa shape index (κ1) is 15.3. The summed E-state index contributed by atoms with van der Waals surface area (Å²) in [4.78, 5) is 5.36. The van der Waals surface area contributed by atoms with E-state index in [0.717, 1.165) is 6.54 Å². The lowest BCUT2D eigenvalue weighted by Crippen LogP contribution is -2.60. The average Bonchev–Trinajstić information content (AvgIpc) is 2.41. The molecule has 0 atom stereocenters. The van der Waals surface area contributed by atoms with Crippen molar-refractivity contribution in [3.8, 4) is 0 Å². The summed E-state index contributed by atoms with van der Waals surface area (Å²) in [5.41, 5.74) is 6.56. The molecule has 0 bridgehead atoms. The summed E-state index contributed by atoms with van der Waals surface area (Å²) in [5.74, 6) is 0. The van der Waals surface area contributed by atoms with Crippen molar-refractivity contribution < 1.29 is 0 Å². The van der Waals surface area contributed by atoms with E-state index in [0.29, 0.717) is 5.54 Å². The monoisotopic (exact) mass is 267 g/mol. The van der Waals surface area contributed by atoms with Crippen molar-refractivity contribution in [3.63, 3.8) is 0 Å². The Morgan fingerprint density at radius 1 is 0.895 bits per heavy atom. The third-order valence-electron chi connectivity index (χ3n) is 5.25. The molecule has 1 saturated carbocycles. The summed E-state index contributed by atoms with van der Waals surface area (Å²) in [6.07, 6.45) is 11.0. The van der Waals surface area contributed by atoms with Crippen molar-refractivity contribution in [2.75, 3.05) is 39.3 Å². The van der Waals surface area contributed by atoms with Gasteiger partial charge < -0.3 is 10.6 Å². The third-order valence-corrected chi connectivity index (χ3v) is 5.25. The van der Waals surface area contributed by atoms with E-state index in [1.165, 1.54) is 84.1 Å². The highest BCUT2D eigenvalue weighted by Gasteiger charge is 2.36. The van der Waals surface area contributed by atoms with Gasteiger partial charge in [-0.1, -0.05) is 39.0 Å². The van der Waals surface area contributed by atoms with Crippen LogP contribution in [-0.2, 0) is 0 Å². The van der Waals surface area contributed by atoms with Crippen molar-refractivity contribution >= 4 is 0 Å². The van der Waals surface area contributed by atoms with E-state index in [-0.39, 0.29) is 0 Å². The minimum Gasteiger partial charge on any atom is -0.329 e. The van der Waals surface area contributed by atoms with Crippen molar-refractivity contribution in [3.05, 3.63) is 0 Å². The van der Waals surface area contributed by atoms with E-state index in [4.69, 9.17) is 5.73 Å². The van der Waals surface area contributed by atoms with Gasteiger partial charge in [-0.25, -0.2) is 0 Å². The zero-order chi connectivity index (χ0) is 13.6. The van der Waals surface area contributed by atoms with Crippen LogP contribution in [0.25, 0.3) is 0 Å². The van der Waals surface area contributed by atoms with Crippen LogP contribution in [-0.4, -0.2) is 54.6 Å². The van der Waals surface area contributed by atoms with E-state index in [1.807, 2.05) is 0 Å². The molecule has 2 N–H and O–H groups in total. The first-order valence-electron chi connectivity index (χ1n) is 8.48. The Hall–Kier alpha value is -0.120. The lowest BCUT2D eigenvalue weighted by atomic mass is 9.82. The van der Waals surface area contributed by atoms with Crippen LogP contribution in [0.5, 0.6) is 0 Å². The van der Waals surface area contributed by atoms with E-state index >= 15 is 0 Å². The van der Waals surface area contributed by atoms with Gasteiger partial charge in [0.2, 0.25) is 0 Å². The average molecular weight is 267 g/mol. The summed E-state index contributed by atoms with van der Waals surface area (Å²) in [6, 6.07) is 0. The van der Waals surface area contributed by atoms with Gasteiger partial charge in [-0.2, -0.15) is 0 Å². The summed E-state index contributed by atoms with van der Waals surface area (Å²) in [7, 11) is 0. The highest BCUT2D eigenvalue weighted by molar-refractivity contribution is 4.94. The molecule has 0 spiro atoms. The topological polar surface area (TPSA) is 32.5 Å². The summed E-state index contributed by atoms with van der Waals surface area (Å²) < 4.78 is 0. The number of piperazine rings is 1. The van der Waals surface area contributed by atoms with Gasteiger partial charge in [0.05, 0.1) is 0 Å². The largest absolute Gasteiger partial charge is 0.329 e. The molecule has 2 aliphatic rings. The molecule has 0 aromatic rings. The summed E-state index contributed by atoms with van der Waals surface area (Å²) in [5, 5.41) is 0. The normalized spacial score (nSPS) is 26.8. The Balaban J connectivity index is 1.92. The van der Waals surface area contributed by atoms with Gasteiger partial charge in [0.15, 0.2) is 0 Å². The van der Waals surface area contributed by atoms with Gasteiger partial charge in [-0.15, -0.1) is 0 Å². The van der Waals surface area contributed by atoms with Crippen molar-refractivity contribution in [2.45, 2.75) is 63.8 Å². The van der Waals surface area contributed by atoms with Gasteiger partial charge in [0, 0.05) is 38.3 Å². The first-order valence-corrected chi connectivity index (χ1v) is 8.48. The highest BCUT2D eigenvalue weighted by atomic mass is 15.3. The standard InChI is InChI=1S/C16H33N3/c1-2-10-18-11-13-19(14-12-18)16(15-17)8-6-4-3-5-7-9-16/h2-15,17H2,1H3. The van der Waals surface area contributed by atoms with Crippen LogP contribution < -0.4 is 5.73 Å². The Kier molecular flexibility index (Phi) is 6.11. The number of nitrogens with zero attached hydrogens (tertiary/aromatic N) is 2. The van der Waals surface area contributed by atoms with E-state index in [9.17, 15) is 0 Å². The molecular formula is C16H33N3. The zero-order valence-electron chi connectivity index (χ0n) is 12.9. The molecule has 3 nitrogen and oxygen atoms in total. The van der Waals surface area contributed by atoms with Crippen LogP contribution in [0.2, 0.25) is 0 Å². The fourth-order valence-corrected chi connectivity index (χ4v) is 3.97. The molecule has 0 unspecified atom stereocenters. The van der Waals surface area contributed by atoms with Crippen LogP contribution >= 0.6 is 0 Å². The smallest absolute Gasteiger partial charge is 0.0332 e. The maximum absolute atomic E-state index is 6.23. The Morgan fingerprint density at radius 2 is 1.47 bits per heavy atom. The van der Waals surface area contributed by atoms with Crippen molar-refractivity contribution in [1.29, 1.82) is 0 Å². The molecule has 1 aliphatic carbocycles. The van der Waals surface area contributed by atoms with Crippen LogP contribution in [0.15, 0.2) is 0 Å². The molecule has 112 valence electrons. The van der Waals surface area contributed by atoms with Gasteiger partial charge in [0.25, 0.3) is 0 Å². The summed E-state index contributed by atoms with van der Waals surface area (Å²) in [6.45, 7) is 9.37. The minimum atomic E-state index is 0.332. The Bertz CT molecular complexity index is 238. The molecule has 19 heavy (non-hydrogen) atoms. The van der Waals surface area contributed by atoms with Gasteiger partial charge in [-0.05, 0) is 25.8 Å². The van der Waals surface area contributed by atoms with E-state index in [2.05, 4.69) is 16.7 Å². The quantitative estimate of drug-likeness (QED) is 0.849. The molecule has 0 radical (unpaired) electrons. The van der Waals surface area contributed by atoms with Gasteiger partial charge in [0.1, 0.15) is 0 Å². The fourth-order valence-electron chi connectivity index (χ4n) is 3.97. The molecule has 2 fully saturated rings. The van der Waals surface area contributed by atoms with Crippen LogP contribution in [0.3, 0.4) is 0 Å². The van der Waals surface area contributed by atoms with Crippen LogP contribution in [0.1, 0.15) is 58.3 Å². The van der Waals surface area contributed by atoms with Crippen LogP contribution in [0, 0.1) is 0 Å². The van der Waals surface area contributed by atoms with Crippen LogP contribution in [0.4, 0.5) is 0 Å². The third kappa shape index (κ3) is 3.93. The molecular weight excluding hydrogens is 234 g/mol. The molecule has 2 rings (SSSR count). The number of hydrogen-bond acceptors (Lipinski definition) is 3. The highest BCUT2D eigenvalue weighted by Crippen LogP contribution is 2.31. The minimum absolute atomic E-state index is 0.332. The number of rotatable bonds is 4. The molecule has 1 aliphatic heterocycles. The zero-order valence-corrected chi connectivity index (χ0v) is 12.9. The Labute approximate surface area is 119 Å². The second kappa shape index (κ2) is 7.61. The maximum atomic E-state index is 6.23. The second-order valence-corrected chi connectivity index (χ2v) is 6.52. The molecule has 3 heteroatoms.